The fourth-order valence-corrected chi connectivity index (χ4v) is 2.03. The molecule has 2 aromatic rings. The molecule has 3 N–H and O–H groups in total. The van der Waals surface area contributed by atoms with E-state index >= 15 is 0 Å². The Labute approximate surface area is 135 Å². The number of halogens is 1. The lowest BCUT2D eigenvalue weighted by atomic mass is 10.1. The smallest absolute Gasteiger partial charge is 0.319 e. The molecule has 0 saturated heterocycles. The Morgan fingerprint density at radius 3 is 2.65 bits per heavy atom. The number of benzene rings is 1. The minimum atomic E-state index is -0.262. The molecule has 0 fully saturated rings. The topological polar surface area (TPSA) is 66.1 Å². The van der Waals surface area contributed by atoms with Crippen LogP contribution in [0.3, 0.4) is 0 Å². The molecular formula is C17H21FN4O. The number of urea groups is 1. The zero-order valence-corrected chi connectivity index (χ0v) is 13.3. The molecular weight excluding hydrogens is 295 g/mol. The third-order valence-electron chi connectivity index (χ3n) is 3.10. The van der Waals surface area contributed by atoms with Gasteiger partial charge in [-0.1, -0.05) is 18.2 Å². The Balaban J connectivity index is 1.81. The molecule has 0 bridgehead atoms. The van der Waals surface area contributed by atoms with Gasteiger partial charge in [0, 0.05) is 12.6 Å². The molecule has 1 aromatic carbocycles. The zero-order valence-electron chi connectivity index (χ0n) is 13.3. The van der Waals surface area contributed by atoms with Gasteiger partial charge >= 0.3 is 6.03 Å². The maximum absolute atomic E-state index is 13.5. The Bertz CT molecular complexity index is 643. The van der Waals surface area contributed by atoms with E-state index < -0.39 is 0 Å². The number of anilines is 2. The fraction of sp³-hybridized carbons (Fsp3) is 0.294. The van der Waals surface area contributed by atoms with E-state index in [1.807, 2.05) is 19.9 Å². The van der Waals surface area contributed by atoms with Crippen LogP contribution < -0.4 is 16.0 Å². The van der Waals surface area contributed by atoms with Crippen molar-refractivity contribution < 1.29 is 9.18 Å². The number of carbonyl (C=O) groups excluding carboxylic acids is 1. The highest BCUT2D eigenvalue weighted by Gasteiger charge is 2.04. The third kappa shape index (κ3) is 5.58. The van der Waals surface area contributed by atoms with Crippen LogP contribution in [0.25, 0.3) is 0 Å². The van der Waals surface area contributed by atoms with E-state index in [4.69, 9.17) is 0 Å². The summed E-state index contributed by atoms with van der Waals surface area (Å²) in [6.45, 7) is 4.36. The fourth-order valence-electron chi connectivity index (χ4n) is 2.03. The maximum Gasteiger partial charge on any atom is 0.319 e. The average Bonchev–Trinajstić information content (AvgIpc) is 2.50. The van der Waals surface area contributed by atoms with Crippen molar-refractivity contribution in [3.63, 3.8) is 0 Å². The summed E-state index contributed by atoms with van der Waals surface area (Å²) in [6, 6.07) is 10.1. The summed E-state index contributed by atoms with van der Waals surface area (Å²) in [7, 11) is 0. The quantitative estimate of drug-likeness (QED) is 0.765. The molecule has 0 atom stereocenters. The van der Waals surface area contributed by atoms with Gasteiger partial charge in [0.25, 0.3) is 0 Å². The molecule has 1 heterocycles. The molecule has 2 rings (SSSR count). The minimum absolute atomic E-state index is 0.0716. The second kappa shape index (κ2) is 8.12. The van der Waals surface area contributed by atoms with Gasteiger partial charge in [0.05, 0.1) is 11.9 Å². The number of amides is 2. The molecule has 0 spiro atoms. The first-order chi connectivity index (χ1) is 11.0. The van der Waals surface area contributed by atoms with E-state index in [0.717, 1.165) is 0 Å². The number of rotatable bonds is 6. The van der Waals surface area contributed by atoms with Crippen LogP contribution in [0.4, 0.5) is 20.7 Å². The van der Waals surface area contributed by atoms with E-state index in [0.29, 0.717) is 30.0 Å². The Morgan fingerprint density at radius 2 is 2.00 bits per heavy atom. The number of hydrogen-bond donors (Lipinski definition) is 3. The lowest BCUT2D eigenvalue weighted by molar-refractivity contribution is 0.250. The normalized spacial score (nSPS) is 10.4. The van der Waals surface area contributed by atoms with Crippen molar-refractivity contribution in [3.8, 4) is 0 Å². The van der Waals surface area contributed by atoms with Gasteiger partial charge in [0.1, 0.15) is 11.6 Å². The minimum Gasteiger partial charge on any atom is -0.370 e. The number of hydrogen-bond acceptors (Lipinski definition) is 3. The van der Waals surface area contributed by atoms with E-state index in [2.05, 4.69) is 20.9 Å². The second-order valence-electron chi connectivity index (χ2n) is 5.45. The van der Waals surface area contributed by atoms with Gasteiger partial charge in [-0.15, -0.1) is 0 Å². The molecule has 0 radical (unpaired) electrons. The van der Waals surface area contributed by atoms with Gasteiger partial charge in [-0.25, -0.2) is 14.2 Å². The van der Waals surface area contributed by atoms with Crippen LogP contribution in [-0.2, 0) is 6.42 Å². The average molecular weight is 316 g/mol. The second-order valence-corrected chi connectivity index (χ2v) is 5.45. The highest BCUT2D eigenvalue weighted by atomic mass is 19.1. The van der Waals surface area contributed by atoms with Crippen LogP contribution in [0.1, 0.15) is 19.4 Å². The van der Waals surface area contributed by atoms with E-state index in [1.54, 1.807) is 30.5 Å². The molecule has 0 saturated carbocycles. The molecule has 6 heteroatoms. The summed E-state index contributed by atoms with van der Waals surface area (Å²) >= 11 is 0. The highest BCUT2D eigenvalue weighted by molar-refractivity contribution is 5.89. The SMILES string of the molecule is CC(C)NC(=O)Nc1ccc(NCCc2ccccc2F)nc1. The number of nitrogens with zero attached hydrogens (tertiary/aromatic N) is 1. The van der Waals surface area contributed by atoms with Crippen molar-refractivity contribution in [3.05, 3.63) is 54.0 Å². The zero-order chi connectivity index (χ0) is 16.7. The van der Waals surface area contributed by atoms with E-state index in [9.17, 15) is 9.18 Å². The van der Waals surface area contributed by atoms with Crippen LogP contribution in [0.2, 0.25) is 0 Å². The summed E-state index contributed by atoms with van der Waals surface area (Å²) in [5, 5.41) is 8.56. The van der Waals surface area contributed by atoms with E-state index in [1.165, 1.54) is 6.07 Å². The standard InChI is InChI=1S/C17H21FN4O/c1-12(2)21-17(23)22-14-7-8-16(20-11-14)19-10-9-13-5-3-4-6-15(13)18/h3-8,11-12H,9-10H2,1-2H3,(H,19,20)(H2,21,22,23). The first-order valence-corrected chi connectivity index (χ1v) is 7.55. The lowest BCUT2D eigenvalue weighted by Gasteiger charge is -2.10. The van der Waals surface area contributed by atoms with Crippen molar-refractivity contribution in [1.29, 1.82) is 0 Å². The first kappa shape index (κ1) is 16.7. The van der Waals surface area contributed by atoms with Gasteiger partial charge in [0.15, 0.2) is 0 Å². The Morgan fingerprint density at radius 1 is 1.22 bits per heavy atom. The van der Waals surface area contributed by atoms with Gasteiger partial charge in [0.2, 0.25) is 0 Å². The summed E-state index contributed by atoms with van der Waals surface area (Å²) < 4.78 is 13.5. The molecule has 0 unspecified atom stereocenters. The van der Waals surface area contributed by atoms with Crippen LogP contribution in [0, 0.1) is 5.82 Å². The van der Waals surface area contributed by atoms with E-state index in [-0.39, 0.29) is 17.9 Å². The molecule has 0 aliphatic rings. The van der Waals surface area contributed by atoms with Crippen LogP contribution in [0.15, 0.2) is 42.6 Å². The molecule has 1 aromatic heterocycles. The molecule has 23 heavy (non-hydrogen) atoms. The first-order valence-electron chi connectivity index (χ1n) is 7.55. The summed E-state index contributed by atoms with van der Waals surface area (Å²) in [6.07, 6.45) is 2.15. The molecule has 2 amide bonds. The van der Waals surface area contributed by atoms with Gasteiger partial charge in [-0.3, -0.25) is 0 Å². The third-order valence-corrected chi connectivity index (χ3v) is 3.10. The van der Waals surface area contributed by atoms with Gasteiger partial charge in [-0.05, 0) is 44.0 Å². The monoisotopic (exact) mass is 316 g/mol. The predicted molar refractivity (Wildman–Crippen MR) is 90.1 cm³/mol. The molecule has 0 aliphatic heterocycles. The van der Waals surface area contributed by atoms with Gasteiger partial charge < -0.3 is 16.0 Å². The predicted octanol–water partition coefficient (Wildman–Crippen LogP) is 3.41. The van der Waals surface area contributed by atoms with Crippen LogP contribution in [-0.4, -0.2) is 23.6 Å². The van der Waals surface area contributed by atoms with Gasteiger partial charge in [-0.2, -0.15) is 0 Å². The lowest BCUT2D eigenvalue weighted by Crippen LogP contribution is -2.34. The number of aromatic nitrogens is 1. The van der Waals surface area contributed by atoms with Crippen molar-refractivity contribution >= 4 is 17.5 Å². The van der Waals surface area contributed by atoms with Crippen molar-refractivity contribution in [2.24, 2.45) is 0 Å². The summed E-state index contributed by atoms with van der Waals surface area (Å²) in [4.78, 5) is 15.8. The van der Waals surface area contributed by atoms with Crippen molar-refractivity contribution in [2.75, 3.05) is 17.2 Å². The Hall–Kier alpha value is -2.63. The maximum atomic E-state index is 13.5. The summed E-state index contributed by atoms with van der Waals surface area (Å²) in [5.41, 5.74) is 1.28. The van der Waals surface area contributed by atoms with Crippen molar-refractivity contribution in [1.82, 2.24) is 10.3 Å². The molecule has 0 aliphatic carbocycles. The van der Waals surface area contributed by atoms with Crippen LogP contribution in [0.5, 0.6) is 0 Å². The number of carbonyl (C=O) groups is 1. The largest absolute Gasteiger partial charge is 0.370 e. The molecule has 122 valence electrons. The van der Waals surface area contributed by atoms with Crippen LogP contribution >= 0.6 is 0 Å². The number of nitrogens with one attached hydrogen (secondary N) is 3. The van der Waals surface area contributed by atoms with Crippen molar-refractivity contribution in [2.45, 2.75) is 26.3 Å². The Kier molecular flexibility index (Phi) is 5.91. The highest BCUT2D eigenvalue weighted by Crippen LogP contribution is 2.11. The molecule has 5 nitrogen and oxygen atoms in total. The summed E-state index contributed by atoms with van der Waals surface area (Å²) in [5.74, 6) is 0.481. The number of pyridine rings is 1.